The van der Waals surface area contributed by atoms with Crippen LogP contribution in [0.1, 0.15) is 33.5 Å². The lowest BCUT2D eigenvalue weighted by Gasteiger charge is -2.31. The molecule has 0 aliphatic carbocycles. The van der Waals surface area contributed by atoms with Crippen molar-refractivity contribution in [1.82, 2.24) is 24.7 Å². The number of anilines is 2. The van der Waals surface area contributed by atoms with Crippen LogP contribution in [0.2, 0.25) is 0 Å². The van der Waals surface area contributed by atoms with Gasteiger partial charge in [-0.2, -0.15) is 10.4 Å². The molecule has 164 valence electrons. The first-order valence-corrected chi connectivity index (χ1v) is 10.9. The molecule has 1 aliphatic heterocycles. The van der Waals surface area contributed by atoms with Crippen LogP contribution in [-0.2, 0) is 19.5 Å². The minimum absolute atomic E-state index is 0.624. The first-order chi connectivity index (χ1) is 16.1. The van der Waals surface area contributed by atoms with E-state index in [4.69, 9.17) is 0 Å². The summed E-state index contributed by atoms with van der Waals surface area (Å²) < 4.78 is 1.78. The monoisotopic (exact) mass is 436 g/mol. The number of nitrogens with zero attached hydrogens (tertiary/aromatic N) is 7. The summed E-state index contributed by atoms with van der Waals surface area (Å²) in [5.74, 6) is 0.832. The maximum absolute atomic E-state index is 9.62. The predicted octanol–water partition coefficient (Wildman–Crippen LogP) is 3.72. The summed E-state index contributed by atoms with van der Waals surface area (Å²) in [6, 6.07) is 14.7. The van der Waals surface area contributed by atoms with Crippen LogP contribution in [-0.4, -0.2) is 31.3 Å². The fourth-order valence-corrected chi connectivity index (χ4v) is 4.24. The van der Waals surface area contributed by atoms with Crippen molar-refractivity contribution in [2.75, 3.05) is 16.8 Å². The molecule has 4 aromatic rings. The van der Waals surface area contributed by atoms with Gasteiger partial charge in [0.25, 0.3) is 0 Å². The summed E-state index contributed by atoms with van der Waals surface area (Å²) in [7, 11) is 0. The molecule has 33 heavy (non-hydrogen) atoms. The first kappa shape index (κ1) is 20.6. The number of rotatable bonds is 5. The van der Waals surface area contributed by atoms with Crippen LogP contribution < -0.4 is 10.2 Å². The van der Waals surface area contributed by atoms with E-state index in [1.54, 1.807) is 17.3 Å². The maximum Gasteiger partial charge on any atom is 0.138 e. The average Bonchev–Trinajstić information content (AvgIpc) is 3.38. The van der Waals surface area contributed by atoms with Gasteiger partial charge >= 0.3 is 0 Å². The molecule has 0 fully saturated rings. The van der Waals surface area contributed by atoms with E-state index in [0.717, 1.165) is 58.1 Å². The predicted molar refractivity (Wildman–Crippen MR) is 126 cm³/mol. The third-order valence-corrected chi connectivity index (χ3v) is 6.01. The molecule has 2 aromatic heterocycles. The van der Waals surface area contributed by atoms with E-state index in [-0.39, 0.29) is 0 Å². The lowest BCUT2D eigenvalue weighted by atomic mass is 10.0. The first-order valence-electron chi connectivity index (χ1n) is 10.9. The number of aryl methyl sites for hydroxylation is 2. The topological polar surface area (TPSA) is 95.6 Å². The average molecular weight is 437 g/mol. The number of nitriles is 1. The van der Waals surface area contributed by atoms with Crippen molar-refractivity contribution >= 4 is 11.5 Å². The van der Waals surface area contributed by atoms with Gasteiger partial charge in [0.15, 0.2) is 0 Å². The normalized spacial score (nSPS) is 12.8. The number of hydrogen-bond donors (Lipinski definition) is 1. The van der Waals surface area contributed by atoms with Crippen LogP contribution in [0.5, 0.6) is 0 Å². The summed E-state index contributed by atoms with van der Waals surface area (Å²) in [5, 5.41) is 17.4. The van der Waals surface area contributed by atoms with E-state index in [0.29, 0.717) is 18.7 Å². The third kappa shape index (κ3) is 4.13. The standard InChI is InChI=1S/C25H24N8/c1-17-3-6-23(20(9-17)11-26)32-8-7-22-21(13-32)25(30-15-29-22)28-12-19-5-4-18(2)24(10-19)33-16-27-14-31-33/h3-6,9-10,14-16H,7-8,12-13H2,1-2H3,(H,28,29,30). The second-order valence-electron chi connectivity index (χ2n) is 8.27. The molecule has 0 radical (unpaired) electrons. The smallest absolute Gasteiger partial charge is 0.138 e. The Morgan fingerprint density at radius 1 is 1.06 bits per heavy atom. The van der Waals surface area contributed by atoms with E-state index in [1.807, 2.05) is 19.1 Å². The second-order valence-corrected chi connectivity index (χ2v) is 8.27. The van der Waals surface area contributed by atoms with Crippen molar-refractivity contribution in [2.45, 2.75) is 33.4 Å². The summed E-state index contributed by atoms with van der Waals surface area (Å²) in [6.07, 6.45) is 5.68. The highest BCUT2D eigenvalue weighted by Crippen LogP contribution is 2.30. The van der Waals surface area contributed by atoms with Gasteiger partial charge in [0.05, 0.1) is 22.6 Å². The highest BCUT2D eigenvalue weighted by Gasteiger charge is 2.23. The highest BCUT2D eigenvalue weighted by molar-refractivity contribution is 5.62. The van der Waals surface area contributed by atoms with Crippen molar-refractivity contribution in [3.63, 3.8) is 0 Å². The number of hydrogen-bond acceptors (Lipinski definition) is 7. The Kier molecular flexibility index (Phi) is 5.45. The molecule has 5 rings (SSSR count). The molecule has 0 atom stereocenters. The molecular weight excluding hydrogens is 412 g/mol. The van der Waals surface area contributed by atoms with Crippen molar-refractivity contribution in [3.05, 3.63) is 88.9 Å². The van der Waals surface area contributed by atoms with Gasteiger partial charge in [-0.05, 0) is 48.7 Å². The van der Waals surface area contributed by atoms with Gasteiger partial charge in [-0.1, -0.05) is 18.2 Å². The zero-order valence-electron chi connectivity index (χ0n) is 18.7. The molecule has 1 aliphatic rings. The van der Waals surface area contributed by atoms with Crippen LogP contribution in [0.15, 0.2) is 55.4 Å². The fraction of sp³-hybridized carbons (Fsp3) is 0.240. The second kappa shape index (κ2) is 8.71. The van der Waals surface area contributed by atoms with Gasteiger partial charge in [0.2, 0.25) is 0 Å². The molecule has 0 spiro atoms. The van der Waals surface area contributed by atoms with Crippen LogP contribution in [0.3, 0.4) is 0 Å². The van der Waals surface area contributed by atoms with Crippen molar-refractivity contribution in [3.8, 4) is 11.8 Å². The summed E-state index contributed by atoms with van der Waals surface area (Å²) in [5.41, 5.74) is 8.14. The van der Waals surface area contributed by atoms with E-state index in [2.05, 4.69) is 67.5 Å². The number of aromatic nitrogens is 5. The van der Waals surface area contributed by atoms with E-state index in [9.17, 15) is 5.26 Å². The van der Waals surface area contributed by atoms with Crippen molar-refractivity contribution in [2.24, 2.45) is 0 Å². The molecule has 0 saturated carbocycles. The zero-order valence-corrected chi connectivity index (χ0v) is 18.7. The maximum atomic E-state index is 9.62. The molecule has 0 amide bonds. The summed E-state index contributed by atoms with van der Waals surface area (Å²) in [6.45, 7) is 6.17. The van der Waals surface area contributed by atoms with E-state index in [1.165, 1.54) is 6.33 Å². The van der Waals surface area contributed by atoms with E-state index < -0.39 is 0 Å². The minimum Gasteiger partial charge on any atom is -0.366 e. The van der Waals surface area contributed by atoms with Crippen molar-refractivity contribution < 1.29 is 0 Å². The van der Waals surface area contributed by atoms with Crippen molar-refractivity contribution in [1.29, 1.82) is 5.26 Å². The zero-order chi connectivity index (χ0) is 22.8. The Bertz CT molecular complexity index is 1340. The lowest BCUT2D eigenvalue weighted by Crippen LogP contribution is -2.32. The van der Waals surface area contributed by atoms with Crippen LogP contribution >= 0.6 is 0 Å². The molecule has 8 nitrogen and oxygen atoms in total. The highest BCUT2D eigenvalue weighted by atomic mass is 15.3. The Morgan fingerprint density at radius 2 is 1.97 bits per heavy atom. The molecule has 3 heterocycles. The SMILES string of the molecule is Cc1ccc(N2CCc3ncnc(NCc4ccc(C)c(-n5cncn5)c4)c3C2)c(C#N)c1. The molecular formula is C25H24N8. The molecule has 1 N–H and O–H groups in total. The van der Waals surface area contributed by atoms with Gasteiger partial charge in [-0.3, -0.25) is 0 Å². The van der Waals surface area contributed by atoms with Gasteiger partial charge in [0, 0.05) is 31.6 Å². The van der Waals surface area contributed by atoms with Gasteiger partial charge < -0.3 is 10.2 Å². The Labute approximate surface area is 192 Å². The lowest BCUT2D eigenvalue weighted by molar-refractivity contribution is 0.705. The summed E-state index contributed by atoms with van der Waals surface area (Å²) in [4.78, 5) is 15.4. The number of benzene rings is 2. The van der Waals surface area contributed by atoms with Crippen LogP contribution in [0.25, 0.3) is 5.69 Å². The number of nitrogens with one attached hydrogen (secondary N) is 1. The third-order valence-electron chi connectivity index (χ3n) is 6.01. The number of fused-ring (bicyclic) bond motifs is 1. The largest absolute Gasteiger partial charge is 0.366 e. The minimum atomic E-state index is 0.624. The van der Waals surface area contributed by atoms with Crippen LogP contribution in [0, 0.1) is 25.2 Å². The Morgan fingerprint density at radius 3 is 2.79 bits per heavy atom. The van der Waals surface area contributed by atoms with Gasteiger partial charge in [0.1, 0.15) is 30.9 Å². The quantitative estimate of drug-likeness (QED) is 0.509. The van der Waals surface area contributed by atoms with Crippen LogP contribution in [0.4, 0.5) is 11.5 Å². The fourth-order valence-electron chi connectivity index (χ4n) is 4.24. The van der Waals surface area contributed by atoms with Gasteiger partial charge in [-0.15, -0.1) is 0 Å². The summed E-state index contributed by atoms with van der Waals surface area (Å²) >= 11 is 0. The Hall–Kier alpha value is -4.25. The molecule has 8 heteroatoms. The molecule has 0 saturated heterocycles. The Balaban J connectivity index is 1.38. The molecule has 0 bridgehead atoms. The molecule has 0 unspecified atom stereocenters. The van der Waals surface area contributed by atoms with Gasteiger partial charge in [-0.25, -0.2) is 19.6 Å². The van der Waals surface area contributed by atoms with E-state index >= 15 is 0 Å². The molecule has 2 aromatic carbocycles.